The van der Waals surface area contributed by atoms with Crippen molar-refractivity contribution in [2.24, 2.45) is 0 Å². The summed E-state index contributed by atoms with van der Waals surface area (Å²) in [6.45, 7) is 1.73. The van der Waals surface area contributed by atoms with Gasteiger partial charge in [0.25, 0.3) is 0 Å². The summed E-state index contributed by atoms with van der Waals surface area (Å²) in [4.78, 5) is 14.2. The summed E-state index contributed by atoms with van der Waals surface area (Å²) in [6.07, 6.45) is 0.327. The molecule has 1 atom stereocenters. The van der Waals surface area contributed by atoms with E-state index >= 15 is 0 Å². The zero-order chi connectivity index (χ0) is 14.0. The molecule has 0 saturated carbocycles. The lowest BCUT2D eigenvalue weighted by molar-refractivity contribution is -0.392. The van der Waals surface area contributed by atoms with Crippen molar-refractivity contribution in [3.05, 3.63) is 57.0 Å². The van der Waals surface area contributed by atoms with Gasteiger partial charge in [-0.2, -0.15) is 0 Å². The molecule has 100 valence electrons. The first kappa shape index (κ1) is 13.5. The maximum atomic E-state index is 10.8. The summed E-state index contributed by atoms with van der Waals surface area (Å²) in [7, 11) is 0. The third-order valence-corrected chi connectivity index (χ3v) is 3.08. The first-order valence-electron chi connectivity index (χ1n) is 5.59. The second-order valence-electron chi connectivity index (χ2n) is 4.10. The molecule has 0 aliphatic rings. The van der Waals surface area contributed by atoms with E-state index in [1.807, 2.05) is 0 Å². The summed E-state index contributed by atoms with van der Waals surface area (Å²) in [6, 6.07) is 6.70. The van der Waals surface area contributed by atoms with Gasteiger partial charge in [-0.15, -0.1) is 0 Å². The van der Waals surface area contributed by atoms with Crippen molar-refractivity contribution in [1.29, 1.82) is 0 Å². The fourth-order valence-electron chi connectivity index (χ4n) is 1.79. The molecule has 1 aromatic heterocycles. The van der Waals surface area contributed by atoms with Gasteiger partial charge in [0.05, 0.1) is 0 Å². The van der Waals surface area contributed by atoms with Gasteiger partial charge < -0.3 is 15.2 Å². The van der Waals surface area contributed by atoms with Gasteiger partial charge in [0.15, 0.2) is 5.82 Å². The van der Waals surface area contributed by atoms with Crippen LogP contribution < -0.4 is 0 Å². The number of rotatable bonds is 4. The quantitative estimate of drug-likeness (QED) is 0.689. The van der Waals surface area contributed by atoms with Gasteiger partial charge in [-0.1, -0.05) is 23.7 Å². The maximum Gasteiger partial charge on any atom is 0.342 e. The number of aromatic nitrogens is 2. The van der Waals surface area contributed by atoms with Crippen LogP contribution in [0.1, 0.15) is 17.5 Å². The average Bonchev–Trinajstić information content (AvgIpc) is 2.72. The Hall–Kier alpha value is -1.92. The molecule has 1 N–H and O–H groups in total. The average molecular weight is 282 g/mol. The highest BCUT2D eigenvalue weighted by atomic mass is 35.5. The minimum atomic E-state index is -0.858. The summed E-state index contributed by atoms with van der Waals surface area (Å²) in [5.74, 6) is 0.352. The van der Waals surface area contributed by atoms with Crippen LogP contribution in [0.3, 0.4) is 0 Å². The van der Waals surface area contributed by atoms with Crippen molar-refractivity contribution >= 4 is 17.4 Å². The lowest BCUT2D eigenvalue weighted by atomic mass is 10.1. The molecule has 0 saturated heterocycles. The first-order chi connectivity index (χ1) is 8.99. The van der Waals surface area contributed by atoms with Crippen LogP contribution in [0.15, 0.2) is 30.5 Å². The van der Waals surface area contributed by atoms with Gasteiger partial charge in [-0.05, 0) is 22.6 Å². The van der Waals surface area contributed by atoms with E-state index in [9.17, 15) is 15.2 Å². The van der Waals surface area contributed by atoms with Gasteiger partial charge in [-0.25, -0.2) is 9.55 Å². The van der Waals surface area contributed by atoms with E-state index in [0.717, 1.165) is 0 Å². The number of nitrogens with zero attached hydrogens (tertiary/aromatic N) is 3. The summed E-state index contributed by atoms with van der Waals surface area (Å²) < 4.78 is 1.37. The van der Waals surface area contributed by atoms with Gasteiger partial charge in [0.2, 0.25) is 0 Å². The van der Waals surface area contributed by atoms with E-state index in [1.165, 1.54) is 10.8 Å². The zero-order valence-electron chi connectivity index (χ0n) is 10.2. The largest absolute Gasteiger partial charge is 0.384 e. The molecular weight excluding hydrogens is 270 g/mol. The van der Waals surface area contributed by atoms with Gasteiger partial charge in [0, 0.05) is 11.9 Å². The molecular formula is C12H12ClN3O3. The number of hydrogen-bond acceptors (Lipinski definition) is 4. The fourth-order valence-corrected chi connectivity index (χ4v) is 1.92. The molecule has 19 heavy (non-hydrogen) atoms. The predicted molar refractivity (Wildman–Crippen MR) is 70.0 cm³/mol. The Morgan fingerprint density at radius 2 is 2.11 bits per heavy atom. The van der Waals surface area contributed by atoms with Crippen LogP contribution in [0.4, 0.5) is 5.82 Å². The third-order valence-electron chi connectivity index (χ3n) is 2.83. The maximum absolute atomic E-state index is 10.8. The van der Waals surface area contributed by atoms with Crippen molar-refractivity contribution in [1.82, 2.24) is 9.55 Å². The zero-order valence-corrected chi connectivity index (χ0v) is 10.9. The number of imidazole rings is 1. The van der Waals surface area contributed by atoms with Crippen LogP contribution in [0.2, 0.25) is 5.02 Å². The van der Waals surface area contributed by atoms with Crippen LogP contribution in [0.25, 0.3) is 0 Å². The normalized spacial score (nSPS) is 12.4. The molecule has 0 fully saturated rings. The SMILES string of the molecule is Cc1ncc([N+](=O)[O-])n1CC(O)c1ccc(Cl)cc1. The standard InChI is InChI=1S/C12H12ClN3O3/c1-8-14-6-12(16(18)19)15(8)7-11(17)9-2-4-10(13)5-3-9/h2-6,11,17H,7H2,1H3. The second kappa shape index (κ2) is 5.38. The van der Waals surface area contributed by atoms with E-state index in [1.54, 1.807) is 31.2 Å². The van der Waals surface area contributed by atoms with E-state index in [2.05, 4.69) is 4.98 Å². The Morgan fingerprint density at radius 1 is 1.47 bits per heavy atom. The Labute approximate surface area is 114 Å². The molecule has 1 unspecified atom stereocenters. The molecule has 0 aliphatic carbocycles. The van der Waals surface area contributed by atoms with E-state index in [0.29, 0.717) is 16.4 Å². The van der Waals surface area contributed by atoms with Crippen LogP contribution in [0.5, 0.6) is 0 Å². The number of halogens is 1. The van der Waals surface area contributed by atoms with Crippen molar-refractivity contribution in [2.45, 2.75) is 19.6 Å². The second-order valence-corrected chi connectivity index (χ2v) is 4.54. The van der Waals surface area contributed by atoms with E-state index in [4.69, 9.17) is 11.6 Å². The summed E-state index contributed by atoms with van der Waals surface area (Å²) >= 11 is 5.76. The topological polar surface area (TPSA) is 81.2 Å². The fraction of sp³-hybridized carbons (Fsp3) is 0.250. The Morgan fingerprint density at radius 3 is 2.68 bits per heavy atom. The van der Waals surface area contributed by atoms with Crippen LogP contribution in [-0.4, -0.2) is 19.6 Å². The minimum absolute atomic E-state index is 0.0732. The van der Waals surface area contributed by atoms with E-state index in [-0.39, 0.29) is 12.4 Å². The van der Waals surface area contributed by atoms with Crippen molar-refractivity contribution in [3.63, 3.8) is 0 Å². The smallest absolute Gasteiger partial charge is 0.342 e. The highest BCUT2D eigenvalue weighted by Crippen LogP contribution is 2.22. The highest BCUT2D eigenvalue weighted by molar-refractivity contribution is 6.30. The predicted octanol–water partition coefficient (Wildman–Crippen LogP) is 2.49. The summed E-state index contributed by atoms with van der Waals surface area (Å²) in [5, 5.41) is 21.5. The minimum Gasteiger partial charge on any atom is -0.384 e. The van der Waals surface area contributed by atoms with Gasteiger partial charge in [0.1, 0.15) is 18.8 Å². The van der Waals surface area contributed by atoms with Gasteiger partial charge >= 0.3 is 5.82 Å². The third kappa shape index (κ3) is 2.91. The summed E-state index contributed by atoms with van der Waals surface area (Å²) in [5.41, 5.74) is 0.645. The van der Waals surface area contributed by atoms with Crippen LogP contribution >= 0.6 is 11.6 Å². The molecule has 0 aliphatic heterocycles. The molecule has 7 heteroatoms. The number of nitro groups is 1. The highest BCUT2D eigenvalue weighted by Gasteiger charge is 2.21. The Kier molecular flexibility index (Phi) is 3.82. The number of aliphatic hydroxyl groups is 1. The molecule has 2 aromatic rings. The lowest BCUT2D eigenvalue weighted by Crippen LogP contribution is -2.12. The number of hydrogen-bond donors (Lipinski definition) is 1. The van der Waals surface area contributed by atoms with Crippen LogP contribution in [0, 0.1) is 17.0 Å². The van der Waals surface area contributed by atoms with Gasteiger partial charge in [-0.3, -0.25) is 0 Å². The molecule has 6 nitrogen and oxygen atoms in total. The van der Waals surface area contributed by atoms with Crippen molar-refractivity contribution in [2.75, 3.05) is 0 Å². The lowest BCUT2D eigenvalue weighted by Gasteiger charge is -2.10. The number of aryl methyl sites for hydroxylation is 1. The van der Waals surface area contributed by atoms with Crippen molar-refractivity contribution < 1.29 is 10.0 Å². The van der Waals surface area contributed by atoms with Crippen LogP contribution in [-0.2, 0) is 6.54 Å². The Bertz CT molecular complexity index is 595. The molecule has 1 aromatic carbocycles. The molecule has 2 rings (SSSR count). The number of benzene rings is 1. The molecule has 0 amide bonds. The first-order valence-corrected chi connectivity index (χ1v) is 5.97. The molecule has 0 radical (unpaired) electrons. The molecule has 0 bridgehead atoms. The Balaban J connectivity index is 2.23. The monoisotopic (exact) mass is 281 g/mol. The molecule has 1 heterocycles. The molecule has 0 spiro atoms. The number of aliphatic hydroxyl groups excluding tert-OH is 1. The van der Waals surface area contributed by atoms with E-state index < -0.39 is 11.0 Å². The van der Waals surface area contributed by atoms with Crippen molar-refractivity contribution in [3.8, 4) is 0 Å².